The molecule has 2 amide bonds. The van der Waals surface area contributed by atoms with E-state index in [-0.39, 0.29) is 18.5 Å². The van der Waals surface area contributed by atoms with Crippen LogP contribution in [0.25, 0.3) is 0 Å². The fraction of sp³-hybridized carbons (Fsp3) is 0.857. The van der Waals surface area contributed by atoms with Crippen LogP contribution in [0.2, 0.25) is 0 Å². The molecule has 1 aliphatic carbocycles. The van der Waals surface area contributed by atoms with Crippen LogP contribution in [0.5, 0.6) is 0 Å². The topological polar surface area (TPSA) is 72.9 Å². The summed E-state index contributed by atoms with van der Waals surface area (Å²) in [6.45, 7) is 4.20. The van der Waals surface area contributed by atoms with E-state index in [4.69, 9.17) is 5.11 Å². The lowest BCUT2D eigenvalue weighted by Gasteiger charge is -2.27. The first-order valence-corrected chi connectivity index (χ1v) is 7.36. The molecule has 0 aromatic carbocycles. The van der Waals surface area contributed by atoms with E-state index in [0.717, 1.165) is 25.8 Å². The normalized spacial score (nSPS) is 16.0. The third kappa shape index (κ3) is 6.23. The number of rotatable bonds is 9. The van der Waals surface area contributed by atoms with Gasteiger partial charge in [0.15, 0.2) is 0 Å². The number of carbonyl (C=O) groups excluding carboxylic acids is 1. The summed E-state index contributed by atoms with van der Waals surface area (Å²) in [7, 11) is 3.94. The number of likely N-dealkylation sites (N-methyl/N-ethyl adjacent to an activating group) is 1. The second-order valence-corrected chi connectivity index (χ2v) is 5.78. The first-order valence-electron chi connectivity index (χ1n) is 7.36. The highest BCUT2D eigenvalue weighted by Crippen LogP contribution is 2.34. The van der Waals surface area contributed by atoms with Crippen molar-refractivity contribution in [1.82, 2.24) is 15.1 Å². The van der Waals surface area contributed by atoms with Crippen LogP contribution in [0.1, 0.15) is 32.6 Å². The van der Waals surface area contributed by atoms with Crippen LogP contribution < -0.4 is 5.32 Å². The number of nitrogens with one attached hydrogen (secondary N) is 1. The summed E-state index contributed by atoms with van der Waals surface area (Å²) in [6, 6.07) is -0.356. The molecule has 2 N–H and O–H groups in total. The molecule has 1 aliphatic rings. The lowest BCUT2D eigenvalue weighted by atomic mass is 10.1. The highest BCUT2D eigenvalue weighted by atomic mass is 16.4. The van der Waals surface area contributed by atoms with E-state index in [0.29, 0.717) is 19.0 Å². The van der Waals surface area contributed by atoms with Gasteiger partial charge in [-0.05, 0) is 39.3 Å². The Hall–Kier alpha value is -1.30. The smallest absolute Gasteiger partial charge is 0.317 e. The molecule has 20 heavy (non-hydrogen) atoms. The Morgan fingerprint density at radius 2 is 1.90 bits per heavy atom. The Kier molecular flexibility index (Phi) is 6.78. The summed E-state index contributed by atoms with van der Waals surface area (Å²) in [4.78, 5) is 26.9. The van der Waals surface area contributed by atoms with Crippen molar-refractivity contribution in [2.75, 3.05) is 33.7 Å². The Bertz CT molecular complexity index is 330. The first-order chi connectivity index (χ1) is 9.43. The van der Waals surface area contributed by atoms with Crippen LogP contribution in [0.3, 0.4) is 0 Å². The number of urea groups is 1. The molecule has 0 radical (unpaired) electrons. The van der Waals surface area contributed by atoms with Gasteiger partial charge in [-0.3, -0.25) is 4.79 Å². The second-order valence-electron chi connectivity index (χ2n) is 5.78. The van der Waals surface area contributed by atoms with Gasteiger partial charge in [0.2, 0.25) is 0 Å². The number of hydrogen-bond acceptors (Lipinski definition) is 3. The average Bonchev–Trinajstić information content (AvgIpc) is 3.16. The second kappa shape index (κ2) is 8.09. The number of carboxylic acids is 1. The van der Waals surface area contributed by atoms with Gasteiger partial charge in [0.1, 0.15) is 0 Å². The molecule has 1 atom stereocenters. The first kappa shape index (κ1) is 16.8. The zero-order valence-electron chi connectivity index (χ0n) is 12.8. The maximum absolute atomic E-state index is 12.3. The van der Waals surface area contributed by atoms with Gasteiger partial charge in [-0.2, -0.15) is 0 Å². The number of aliphatic carboxylic acids is 1. The van der Waals surface area contributed by atoms with Gasteiger partial charge in [-0.25, -0.2) is 4.79 Å². The van der Waals surface area contributed by atoms with Crippen molar-refractivity contribution < 1.29 is 14.7 Å². The van der Waals surface area contributed by atoms with Gasteiger partial charge >= 0.3 is 12.0 Å². The third-order valence-electron chi connectivity index (χ3n) is 3.49. The molecule has 6 heteroatoms. The van der Waals surface area contributed by atoms with Crippen molar-refractivity contribution in [3.63, 3.8) is 0 Å². The fourth-order valence-corrected chi connectivity index (χ4v) is 2.18. The van der Waals surface area contributed by atoms with Crippen LogP contribution in [0, 0.1) is 5.92 Å². The number of carboxylic acid groups (broad SMARTS) is 1. The SMILES string of the molecule is CCCN(CCN(C)C)C(=O)NC(CC(=O)O)C1CC1. The van der Waals surface area contributed by atoms with Crippen LogP contribution in [-0.2, 0) is 4.79 Å². The van der Waals surface area contributed by atoms with E-state index in [1.54, 1.807) is 4.90 Å². The van der Waals surface area contributed by atoms with Crippen LogP contribution in [-0.4, -0.2) is 66.7 Å². The Morgan fingerprint density at radius 3 is 2.35 bits per heavy atom. The lowest BCUT2D eigenvalue weighted by molar-refractivity contribution is -0.137. The zero-order valence-corrected chi connectivity index (χ0v) is 12.8. The summed E-state index contributed by atoms with van der Waals surface area (Å²) < 4.78 is 0. The minimum atomic E-state index is -0.850. The van der Waals surface area contributed by atoms with Gasteiger partial charge in [0.25, 0.3) is 0 Å². The van der Waals surface area contributed by atoms with Crippen LogP contribution in [0.4, 0.5) is 4.79 Å². The molecule has 0 heterocycles. The van der Waals surface area contributed by atoms with E-state index < -0.39 is 5.97 Å². The van der Waals surface area contributed by atoms with Crippen LogP contribution >= 0.6 is 0 Å². The quantitative estimate of drug-likeness (QED) is 0.668. The third-order valence-corrected chi connectivity index (χ3v) is 3.49. The van der Waals surface area contributed by atoms with E-state index >= 15 is 0 Å². The standard InChI is InChI=1S/C14H27N3O3/c1-4-7-17(9-8-16(2)3)14(20)15-12(10-13(18)19)11-5-6-11/h11-12H,4-10H2,1-3H3,(H,15,20)(H,18,19). The van der Waals surface area contributed by atoms with Gasteiger partial charge in [-0.1, -0.05) is 6.92 Å². The molecular formula is C14H27N3O3. The molecule has 116 valence electrons. The number of hydrogen-bond donors (Lipinski definition) is 2. The maximum Gasteiger partial charge on any atom is 0.317 e. The summed E-state index contributed by atoms with van der Waals surface area (Å²) >= 11 is 0. The average molecular weight is 285 g/mol. The highest BCUT2D eigenvalue weighted by molar-refractivity contribution is 5.76. The summed E-state index contributed by atoms with van der Waals surface area (Å²) in [5.74, 6) is -0.509. The predicted octanol–water partition coefficient (Wildman–Crippen LogP) is 1.22. The minimum absolute atomic E-state index is 0.0179. The van der Waals surface area contributed by atoms with Crippen molar-refractivity contribution in [3.05, 3.63) is 0 Å². The van der Waals surface area contributed by atoms with Gasteiger partial charge < -0.3 is 20.2 Å². The van der Waals surface area contributed by atoms with Crippen molar-refractivity contribution in [2.24, 2.45) is 5.92 Å². The molecule has 1 rings (SSSR count). The maximum atomic E-state index is 12.3. The van der Waals surface area contributed by atoms with Crippen molar-refractivity contribution >= 4 is 12.0 Å². The van der Waals surface area contributed by atoms with E-state index in [1.165, 1.54) is 0 Å². The molecule has 0 saturated heterocycles. The number of carbonyl (C=O) groups is 2. The largest absolute Gasteiger partial charge is 0.481 e. The van der Waals surface area contributed by atoms with E-state index in [9.17, 15) is 9.59 Å². The number of amides is 2. The highest BCUT2D eigenvalue weighted by Gasteiger charge is 2.34. The van der Waals surface area contributed by atoms with Gasteiger partial charge in [0, 0.05) is 25.7 Å². The van der Waals surface area contributed by atoms with E-state index in [1.807, 2.05) is 25.9 Å². The molecule has 1 unspecified atom stereocenters. The van der Waals surface area contributed by atoms with Crippen molar-refractivity contribution in [3.8, 4) is 0 Å². The summed E-state index contributed by atoms with van der Waals surface area (Å²) in [5.41, 5.74) is 0. The molecular weight excluding hydrogens is 258 g/mol. The molecule has 0 aromatic rings. The number of nitrogens with zero attached hydrogens (tertiary/aromatic N) is 2. The molecule has 0 spiro atoms. The van der Waals surface area contributed by atoms with Gasteiger partial charge in [-0.15, -0.1) is 0 Å². The molecule has 0 aromatic heterocycles. The molecule has 1 saturated carbocycles. The summed E-state index contributed by atoms with van der Waals surface area (Å²) in [5, 5.41) is 11.8. The van der Waals surface area contributed by atoms with Crippen molar-refractivity contribution in [1.29, 1.82) is 0 Å². The van der Waals surface area contributed by atoms with Gasteiger partial charge in [0.05, 0.1) is 6.42 Å². The Balaban J connectivity index is 2.51. The van der Waals surface area contributed by atoms with E-state index in [2.05, 4.69) is 5.32 Å². The van der Waals surface area contributed by atoms with Crippen LogP contribution in [0.15, 0.2) is 0 Å². The molecule has 0 aliphatic heterocycles. The monoisotopic (exact) mass is 285 g/mol. The molecule has 0 bridgehead atoms. The Morgan fingerprint density at radius 1 is 1.25 bits per heavy atom. The zero-order chi connectivity index (χ0) is 15.1. The molecule has 1 fully saturated rings. The predicted molar refractivity (Wildman–Crippen MR) is 77.7 cm³/mol. The fourth-order valence-electron chi connectivity index (χ4n) is 2.18. The minimum Gasteiger partial charge on any atom is -0.481 e. The Labute approximate surface area is 121 Å². The summed E-state index contributed by atoms with van der Waals surface area (Å²) in [6.07, 6.45) is 2.95. The molecule has 6 nitrogen and oxygen atoms in total. The lowest BCUT2D eigenvalue weighted by Crippen LogP contribution is -2.48. The van der Waals surface area contributed by atoms with Crippen molar-refractivity contribution in [2.45, 2.75) is 38.6 Å².